The lowest BCUT2D eigenvalue weighted by atomic mass is 10.1. The van der Waals surface area contributed by atoms with Crippen LogP contribution in [0.4, 0.5) is 5.69 Å². The van der Waals surface area contributed by atoms with Crippen LogP contribution in [0.1, 0.15) is 11.1 Å². The molecule has 0 aliphatic heterocycles. The van der Waals surface area contributed by atoms with Crippen LogP contribution in [0.3, 0.4) is 0 Å². The second-order valence-electron chi connectivity index (χ2n) is 5.30. The van der Waals surface area contributed by atoms with Crippen LogP contribution in [-0.2, 0) is 6.54 Å². The molecule has 0 spiro atoms. The van der Waals surface area contributed by atoms with Crippen LogP contribution in [-0.4, -0.2) is 7.11 Å². The van der Waals surface area contributed by atoms with E-state index >= 15 is 0 Å². The SMILES string of the molecule is COc1ccc(Br)c(CNc2cc3cc(C)ccc3oc2=O)c1. The Hall–Kier alpha value is -2.27. The molecule has 0 bridgehead atoms. The number of methoxy groups -OCH3 is 1. The highest BCUT2D eigenvalue weighted by Gasteiger charge is 2.07. The van der Waals surface area contributed by atoms with E-state index in [1.807, 2.05) is 49.4 Å². The quantitative estimate of drug-likeness (QED) is 0.684. The van der Waals surface area contributed by atoms with Gasteiger partial charge in [-0.2, -0.15) is 0 Å². The minimum Gasteiger partial charge on any atom is -0.497 e. The van der Waals surface area contributed by atoms with E-state index in [2.05, 4.69) is 21.2 Å². The molecule has 0 amide bonds. The normalized spacial score (nSPS) is 10.7. The van der Waals surface area contributed by atoms with Crippen molar-refractivity contribution in [2.45, 2.75) is 13.5 Å². The van der Waals surface area contributed by atoms with E-state index in [-0.39, 0.29) is 5.63 Å². The zero-order chi connectivity index (χ0) is 16.4. The summed E-state index contributed by atoms with van der Waals surface area (Å²) in [6.45, 7) is 2.49. The first-order chi connectivity index (χ1) is 11.1. The molecule has 1 heterocycles. The van der Waals surface area contributed by atoms with Gasteiger partial charge in [0.25, 0.3) is 0 Å². The summed E-state index contributed by atoms with van der Waals surface area (Å²) in [5.74, 6) is 0.770. The van der Waals surface area contributed by atoms with Crippen LogP contribution in [0.15, 0.2) is 56.1 Å². The molecule has 3 rings (SSSR count). The second kappa shape index (κ2) is 6.46. The first-order valence-corrected chi connectivity index (χ1v) is 7.97. The number of hydrogen-bond donors (Lipinski definition) is 1. The van der Waals surface area contributed by atoms with Crippen molar-refractivity contribution in [2.75, 3.05) is 12.4 Å². The van der Waals surface area contributed by atoms with Crippen molar-refractivity contribution in [3.05, 3.63) is 68.5 Å². The molecule has 23 heavy (non-hydrogen) atoms. The van der Waals surface area contributed by atoms with Gasteiger partial charge >= 0.3 is 5.63 Å². The van der Waals surface area contributed by atoms with Crippen LogP contribution >= 0.6 is 15.9 Å². The number of anilines is 1. The van der Waals surface area contributed by atoms with Crippen molar-refractivity contribution >= 4 is 32.6 Å². The third-order valence-electron chi connectivity index (χ3n) is 3.61. The van der Waals surface area contributed by atoms with Gasteiger partial charge in [-0.25, -0.2) is 4.79 Å². The maximum atomic E-state index is 12.1. The number of halogens is 1. The van der Waals surface area contributed by atoms with Crippen LogP contribution in [0.5, 0.6) is 5.75 Å². The van der Waals surface area contributed by atoms with Crippen molar-refractivity contribution < 1.29 is 9.15 Å². The summed E-state index contributed by atoms with van der Waals surface area (Å²) in [6, 6.07) is 13.3. The number of rotatable bonds is 4. The Morgan fingerprint density at radius 1 is 1.17 bits per heavy atom. The Labute approximate surface area is 142 Å². The highest BCUT2D eigenvalue weighted by Crippen LogP contribution is 2.24. The molecule has 4 nitrogen and oxygen atoms in total. The summed E-state index contributed by atoms with van der Waals surface area (Å²) in [7, 11) is 1.63. The van der Waals surface area contributed by atoms with E-state index in [0.29, 0.717) is 17.8 Å². The fourth-order valence-electron chi connectivity index (χ4n) is 2.37. The van der Waals surface area contributed by atoms with Gasteiger partial charge in [-0.05, 0) is 48.9 Å². The maximum Gasteiger partial charge on any atom is 0.359 e. The van der Waals surface area contributed by atoms with Gasteiger partial charge in [0.1, 0.15) is 17.0 Å². The summed E-state index contributed by atoms with van der Waals surface area (Å²) in [4.78, 5) is 12.1. The second-order valence-corrected chi connectivity index (χ2v) is 6.15. The van der Waals surface area contributed by atoms with E-state index in [1.165, 1.54) is 0 Å². The van der Waals surface area contributed by atoms with E-state index in [1.54, 1.807) is 7.11 Å². The molecule has 0 unspecified atom stereocenters. The predicted molar refractivity (Wildman–Crippen MR) is 95.2 cm³/mol. The molecule has 0 saturated heterocycles. The highest BCUT2D eigenvalue weighted by molar-refractivity contribution is 9.10. The van der Waals surface area contributed by atoms with Crippen molar-refractivity contribution in [1.29, 1.82) is 0 Å². The minimum absolute atomic E-state index is 0.375. The number of hydrogen-bond acceptors (Lipinski definition) is 4. The fraction of sp³-hybridized carbons (Fsp3) is 0.167. The molecule has 0 fully saturated rings. The minimum atomic E-state index is -0.375. The Bertz CT molecular complexity index is 918. The zero-order valence-electron chi connectivity index (χ0n) is 12.9. The van der Waals surface area contributed by atoms with Gasteiger partial charge in [0.2, 0.25) is 0 Å². The lowest BCUT2D eigenvalue weighted by Gasteiger charge is -2.10. The average Bonchev–Trinajstić information content (AvgIpc) is 2.54. The topological polar surface area (TPSA) is 51.5 Å². The van der Waals surface area contributed by atoms with Gasteiger partial charge in [0.05, 0.1) is 7.11 Å². The van der Waals surface area contributed by atoms with Crippen LogP contribution in [0.25, 0.3) is 11.0 Å². The molecule has 0 radical (unpaired) electrons. The lowest BCUT2D eigenvalue weighted by molar-refractivity contribution is 0.414. The fourth-order valence-corrected chi connectivity index (χ4v) is 2.76. The van der Waals surface area contributed by atoms with Crippen LogP contribution in [0, 0.1) is 6.92 Å². The number of aryl methyl sites for hydroxylation is 1. The molecule has 0 atom stereocenters. The molecule has 1 N–H and O–H groups in total. The third-order valence-corrected chi connectivity index (χ3v) is 4.38. The lowest BCUT2D eigenvalue weighted by Crippen LogP contribution is -2.10. The van der Waals surface area contributed by atoms with Crippen molar-refractivity contribution in [3.63, 3.8) is 0 Å². The third kappa shape index (κ3) is 3.40. The van der Waals surface area contributed by atoms with Gasteiger partial charge in [0.15, 0.2) is 0 Å². The molecular formula is C18H16BrNO3. The number of ether oxygens (including phenoxy) is 1. The zero-order valence-corrected chi connectivity index (χ0v) is 14.4. The first-order valence-electron chi connectivity index (χ1n) is 7.17. The van der Waals surface area contributed by atoms with Gasteiger partial charge in [-0.1, -0.05) is 27.6 Å². The van der Waals surface area contributed by atoms with Crippen molar-refractivity contribution in [1.82, 2.24) is 0 Å². The van der Waals surface area contributed by atoms with E-state index < -0.39 is 0 Å². The first kappa shape index (κ1) is 15.6. The van der Waals surface area contributed by atoms with E-state index in [0.717, 1.165) is 26.7 Å². The molecule has 1 aromatic heterocycles. The van der Waals surface area contributed by atoms with Gasteiger partial charge in [-0.15, -0.1) is 0 Å². The van der Waals surface area contributed by atoms with Gasteiger partial charge in [0, 0.05) is 16.4 Å². The standard InChI is InChI=1S/C18H16BrNO3/c1-11-3-6-17-12(7-11)9-16(18(21)23-17)20-10-13-8-14(22-2)4-5-15(13)19/h3-9,20H,10H2,1-2H3. The maximum absolute atomic E-state index is 12.1. The summed E-state index contributed by atoms with van der Waals surface area (Å²) in [6.07, 6.45) is 0. The molecule has 0 aliphatic carbocycles. The average molecular weight is 374 g/mol. The number of nitrogens with one attached hydrogen (secondary N) is 1. The van der Waals surface area contributed by atoms with Gasteiger partial charge < -0.3 is 14.5 Å². The summed E-state index contributed by atoms with van der Waals surface area (Å²) in [5, 5.41) is 4.04. The van der Waals surface area contributed by atoms with E-state index in [9.17, 15) is 4.79 Å². The van der Waals surface area contributed by atoms with E-state index in [4.69, 9.17) is 9.15 Å². The molecule has 118 valence electrons. The monoisotopic (exact) mass is 373 g/mol. The Kier molecular flexibility index (Phi) is 4.39. The molecule has 3 aromatic rings. The number of benzene rings is 2. The van der Waals surface area contributed by atoms with Gasteiger partial charge in [-0.3, -0.25) is 0 Å². The Morgan fingerprint density at radius 3 is 2.78 bits per heavy atom. The Morgan fingerprint density at radius 2 is 2.00 bits per heavy atom. The summed E-state index contributed by atoms with van der Waals surface area (Å²) >= 11 is 3.50. The molecule has 2 aromatic carbocycles. The van der Waals surface area contributed by atoms with Crippen molar-refractivity contribution in [2.24, 2.45) is 0 Å². The summed E-state index contributed by atoms with van der Waals surface area (Å²) < 4.78 is 11.5. The smallest absolute Gasteiger partial charge is 0.359 e. The largest absolute Gasteiger partial charge is 0.497 e. The van der Waals surface area contributed by atoms with Crippen LogP contribution in [0.2, 0.25) is 0 Å². The molecular weight excluding hydrogens is 358 g/mol. The molecule has 5 heteroatoms. The van der Waals surface area contributed by atoms with Crippen molar-refractivity contribution in [3.8, 4) is 5.75 Å². The number of fused-ring (bicyclic) bond motifs is 1. The predicted octanol–water partition coefficient (Wildman–Crippen LogP) is 4.48. The van der Waals surface area contributed by atoms with Crippen LogP contribution < -0.4 is 15.7 Å². The molecule has 0 saturated carbocycles. The highest BCUT2D eigenvalue weighted by atomic mass is 79.9. The summed E-state index contributed by atoms with van der Waals surface area (Å²) in [5.41, 5.74) is 2.77. The Balaban J connectivity index is 1.90. The molecule has 0 aliphatic rings.